The fourth-order valence-corrected chi connectivity index (χ4v) is 2.95. The fourth-order valence-electron chi connectivity index (χ4n) is 2.10. The third-order valence-electron chi connectivity index (χ3n) is 3.25. The van der Waals surface area contributed by atoms with Crippen molar-refractivity contribution in [2.45, 2.75) is 42.4 Å². The summed E-state index contributed by atoms with van der Waals surface area (Å²) in [6, 6.07) is 3.73. The third-order valence-corrected chi connectivity index (χ3v) is 4.16. The molecule has 1 aliphatic rings. The summed E-state index contributed by atoms with van der Waals surface area (Å²) in [5.41, 5.74) is 0.630. The quantitative estimate of drug-likeness (QED) is 0.712. The van der Waals surface area contributed by atoms with E-state index in [2.05, 4.69) is 42.3 Å². The molecule has 1 saturated carbocycles. The van der Waals surface area contributed by atoms with E-state index in [-0.39, 0.29) is 0 Å². The zero-order valence-electron chi connectivity index (χ0n) is 10.8. The number of nitrogens with zero attached hydrogens (tertiary/aromatic N) is 8. The number of hydrogen-bond acceptors (Lipinski definition) is 7. The Kier molecular flexibility index (Phi) is 2.66. The van der Waals surface area contributed by atoms with Crippen LogP contribution >= 0.6 is 11.8 Å². The predicted octanol–water partition coefficient (Wildman–Crippen LogP) is 1.16. The molecule has 0 aromatic carbocycles. The summed E-state index contributed by atoms with van der Waals surface area (Å²) in [5, 5.41) is 25.8. The summed E-state index contributed by atoms with van der Waals surface area (Å²) in [6.45, 7) is 2.98. The first-order valence-electron chi connectivity index (χ1n) is 6.51. The molecule has 3 aromatic heterocycles. The molecular formula is C11H12N8S. The maximum absolute atomic E-state index is 4.34. The van der Waals surface area contributed by atoms with Gasteiger partial charge in [-0.3, -0.25) is 0 Å². The van der Waals surface area contributed by atoms with Crippen LogP contribution in [0.1, 0.15) is 31.5 Å². The molecule has 0 unspecified atom stereocenters. The Morgan fingerprint density at radius 2 is 2.15 bits per heavy atom. The maximum atomic E-state index is 4.34. The topological polar surface area (TPSA) is 86.7 Å². The highest BCUT2D eigenvalue weighted by molar-refractivity contribution is 7.99. The van der Waals surface area contributed by atoms with Crippen molar-refractivity contribution in [3.63, 3.8) is 0 Å². The maximum Gasteiger partial charge on any atom is 0.200 e. The summed E-state index contributed by atoms with van der Waals surface area (Å²) in [7, 11) is 0. The molecule has 8 nitrogen and oxygen atoms in total. The van der Waals surface area contributed by atoms with Crippen molar-refractivity contribution >= 4 is 17.4 Å². The number of tetrazole rings is 1. The van der Waals surface area contributed by atoms with Crippen LogP contribution in [0.3, 0.4) is 0 Å². The molecule has 4 rings (SSSR count). The van der Waals surface area contributed by atoms with Crippen molar-refractivity contribution in [1.29, 1.82) is 0 Å². The molecule has 0 spiro atoms. The molecule has 0 amide bonds. The van der Waals surface area contributed by atoms with Gasteiger partial charge in [0.15, 0.2) is 10.8 Å². The second-order valence-electron chi connectivity index (χ2n) is 4.66. The Morgan fingerprint density at radius 1 is 1.25 bits per heavy atom. The van der Waals surface area contributed by atoms with Gasteiger partial charge in [-0.15, -0.1) is 25.0 Å². The van der Waals surface area contributed by atoms with Gasteiger partial charge in [-0.2, -0.15) is 0 Å². The normalized spacial score (nSPS) is 15.1. The Morgan fingerprint density at radius 3 is 2.95 bits per heavy atom. The molecule has 0 atom stereocenters. The van der Waals surface area contributed by atoms with Crippen LogP contribution in [0.4, 0.5) is 0 Å². The lowest BCUT2D eigenvalue weighted by Gasteiger charge is -2.05. The van der Waals surface area contributed by atoms with E-state index >= 15 is 0 Å². The highest BCUT2D eigenvalue weighted by Crippen LogP contribution is 2.40. The molecule has 1 fully saturated rings. The first kappa shape index (κ1) is 11.8. The van der Waals surface area contributed by atoms with Crippen molar-refractivity contribution < 1.29 is 0 Å². The molecule has 3 heterocycles. The lowest BCUT2D eigenvalue weighted by Crippen LogP contribution is -2.02. The summed E-state index contributed by atoms with van der Waals surface area (Å²) < 4.78 is 3.57. The summed E-state index contributed by atoms with van der Waals surface area (Å²) in [6.07, 6.45) is 2.44. The van der Waals surface area contributed by atoms with Crippen LogP contribution in [0, 0.1) is 0 Å². The van der Waals surface area contributed by atoms with Crippen molar-refractivity contribution in [2.75, 3.05) is 0 Å². The van der Waals surface area contributed by atoms with Gasteiger partial charge in [0, 0.05) is 12.5 Å². The number of aromatic nitrogens is 8. The average Bonchev–Trinajstić information content (AvgIpc) is 3.07. The van der Waals surface area contributed by atoms with Crippen LogP contribution in [0.5, 0.6) is 0 Å². The van der Waals surface area contributed by atoms with Crippen molar-refractivity contribution in [3.8, 4) is 0 Å². The van der Waals surface area contributed by atoms with Crippen LogP contribution in [-0.4, -0.2) is 40.0 Å². The minimum Gasteiger partial charge on any atom is -0.306 e. The zero-order chi connectivity index (χ0) is 13.5. The Balaban J connectivity index is 1.67. The minimum absolute atomic E-state index is 0.590. The third kappa shape index (κ3) is 1.94. The van der Waals surface area contributed by atoms with Gasteiger partial charge >= 0.3 is 0 Å². The van der Waals surface area contributed by atoms with E-state index in [1.54, 1.807) is 0 Å². The molecule has 0 aliphatic heterocycles. The molecule has 20 heavy (non-hydrogen) atoms. The average molecular weight is 288 g/mol. The molecule has 1 aliphatic carbocycles. The smallest absolute Gasteiger partial charge is 0.200 e. The highest BCUT2D eigenvalue weighted by atomic mass is 32.2. The van der Waals surface area contributed by atoms with Crippen molar-refractivity contribution in [1.82, 2.24) is 40.0 Å². The number of fused-ring (bicyclic) bond motifs is 1. The van der Waals surface area contributed by atoms with Gasteiger partial charge in [0.25, 0.3) is 0 Å². The summed E-state index contributed by atoms with van der Waals surface area (Å²) >= 11 is 1.48. The van der Waals surface area contributed by atoms with Gasteiger partial charge in [0.2, 0.25) is 0 Å². The monoisotopic (exact) mass is 288 g/mol. The fraction of sp³-hybridized carbons (Fsp3) is 0.455. The standard InChI is InChI=1S/C11H12N8S/c1-2-18-10(7-3-4-7)13-14-11(18)20-9-6-5-8-12-16-17-19(8)15-9/h5-7H,2-4H2,1H3. The number of hydrogen-bond donors (Lipinski definition) is 0. The van der Waals surface area contributed by atoms with Crippen LogP contribution in [0.15, 0.2) is 22.3 Å². The van der Waals surface area contributed by atoms with E-state index in [0.29, 0.717) is 11.6 Å². The van der Waals surface area contributed by atoms with Crippen LogP contribution < -0.4 is 0 Å². The molecule has 102 valence electrons. The first-order chi connectivity index (χ1) is 9.85. The highest BCUT2D eigenvalue weighted by Gasteiger charge is 2.30. The molecule has 9 heteroatoms. The molecular weight excluding hydrogens is 276 g/mol. The second-order valence-corrected chi connectivity index (χ2v) is 5.65. The van der Waals surface area contributed by atoms with E-state index in [9.17, 15) is 0 Å². The second kappa shape index (κ2) is 4.51. The predicted molar refractivity (Wildman–Crippen MR) is 70.4 cm³/mol. The molecule has 0 N–H and O–H groups in total. The summed E-state index contributed by atoms with van der Waals surface area (Å²) in [4.78, 5) is 0. The number of rotatable bonds is 4. The first-order valence-corrected chi connectivity index (χ1v) is 7.33. The van der Waals surface area contributed by atoms with Gasteiger partial charge in [0.1, 0.15) is 10.9 Å². The van der Waals surface area contributed by atoms with Gasteiger partial charge in [-0.25, -0.2) is 0 Å². The lowest BCUT2D eigenvalue weighted by atomic mass is 10.4. The molecule has 3 aromatic rings. The van der Waals surface area contributed by atoms with E-state index in [4.69, 9.17) is 0 Å². The van der Waals surface area contributed by atoms with Crippen molar-refractivity contribution in [2.24, 2.45) is 0 Å². The van der Waals surface area contributed by atoms with E-state index in [1.807, 2.05) is 12.1 Å². The Hall–Kier alpha value is -2.03. The summed E-state index contributed by atoms with van der Waals surface area (Å²) in [5.74, 6) is 1.69. The van der Waals surface area contributed by atoms with Gasteiger partial charge in [0.05, 0.1) is 0 Å². The van der Waals surface area contributed by atoms with Crippen LogP contribution in [-0.2, 0) is 6.54 Å². The Bertz CT molecular complexity index is 759. The zero-order valence-corrected chi connectivity index (χ0v) is 11.7. The van der Waals surface area contributed by atoms with Gasteiger partial charge in [-0.05, 0) is 54.1 Å². The van der Waals surface area contributed by atoms with Crippen molar-refractivity contribution in [3.05, 3.63) is 18.0 Å². The van der Waals surface area contributed by atoms with Gasteiger partial charge in [-0.1, -0.05) is 0 Å². The molecule has 0 bridgehead atoms. The largest absolute Gasteiger partial charge is 0.306 e. The van der Waals surface area contributed by atoms with E-state index < -0.39 is 0 Å². The van der Waals surface area contributed by atoms with E-state index in [0.717, 1.165) is 22.6 Å². The lowest BCUT2D eigenvalue weighted by molar-refractivity contribution is 0.641. The SMILES string of the molecule is CCn1c(Sc2ccc3nnnn3n2)nnc1C1CC1. The van der Waals surface area contributed by atoms with E-state index in [1.165, 1.54) is 29.2 Å². The van der Waals surface area contributed by atoms with Gasteiger partial charge < -0.3 is 4.57 Å². The van der Waals surface area contributed by atoms with Crippen LogP contribution in [0.2, 0.25) is 0 Å². The molecule has 0 saturated heterocycles. The Labute approximate surface area is 118 Å². The minimum atomic E-state index is 0.590. The molecule has 0 radical (unpaired) electrons. The van der Waals surface area contributed by atoms with Crippen LogP contribution in [0.25, 0.3) is 5.65 Å².